The number of aromatic nitrogens is 1. The Morgan fingerprint density at radius 2 is 1.95 bits per heavy atom. The van der Waals surface area contributed by atoms with Gasteiger partial charge in [-0.05, 0) is 73.5 Å². The minimum atomic E-state index is -0.849. The topological polar surface area (TPSA) is 89.0 Å². The van der Waals surface area contributed by atoms with Crippen LogP contribution in [-0.2, 0) is 16.0 Å². The maximum atomic E-state index is 13.5. The van der Waals surface area contributed by atoms with Gasteiger partial charge in [-0.2, -0.15) is 0 Å². The molecule has 6 rings (SSSR count). The fraction of sp³-hybridized carbons (Fsp3) is 0.207. The summed E-state index contributed by atoms with van der Waals surface area (Å²) in [5, 5.41) is 11.9. The normalized spacial score (nSPS) is 20.1. The van der Waals surface area contributed by atoms with Crippen molar-refractivity contribution in [3.8, 4) is 11.5 Å². The predicted molar refractivity (Wildman–Crippen MR) is 150 cm³/mol. The van der Waals surface area contributed by atoms with Gasteiger partial charge < -0.3 is 14.6 Å². The van der Waals surface area contributed by atoms with Crippen molar-refractivity contribution >= 4 is 60.1 Å². The summed E-state index contributed by atoms with van der Waals surface area (Å²) in [6.45, 7) is 4.42. The summed E-state index contributed by atoms with van der Waals surface area (Å²) in [5.41, 5.74) is 2.82. The number of carbonyl (C=O) groups excluding carboxylic acids is 2. The minimum Gasteiger partial charge on any atom is -0.507 e. The summed E-state index contributed by atoms with van der Waals surface area (Å²) in [6, 6.07) is 17.4. The van der Waals surface area contributed by atoms with Crippen molar-refractivity contribution in [3.63, 3.8) is 0 Å². The first kappa shape index (κ1) is 24.6. The first-order valence-corrected chi connectivity index (χ1v) is 13.8. The number of hydrogen-bond acceptors (Lipinski definition) is 7. The lowest BCUT2D eigenvalue weighted by Gasteiger charge is -2.23. The van der Waals surface area contributed by atoms with Gasteiger partial charge in [-0.1, -0.05) is 39.4 Å². The Morgan fingerprint density at radius 1 is 1.16 bits per heavy atom. The molecule has 0 spiro atoms. The molecule has 9 heteroatoms. The summed E-state index contributed by atoms with van der Waals surface area (Å²) in [7, 11) is 0. The smallest absolute Gasteiger partial charge is 0.301 e. The number of ketones is 1. The predicted octanol–water partition coefficient (Wildman–Crippen LogP) is 6.41. The molecule has 3 aromatic carbocycles. The van der Waals surface area contributed by atoms with Crippen molar-refractivity contribution in [2.75, 3.05) is 11.5 Å². The van der Waals surface area contributed by atoms with Gasteiger partial charge in [0.05, 0.1) is 28.4 Å². The Labute approximate surface area is 231 Å². The van der Waals surface area contributed by atoms with Gasteiger partial charge in [0.25, 0.3) is 5.78 Å². The molecular weight excluding hydrogens is 568 g/mol. The van der Waals surface area contributed by atoms with Crippen LogP contribution in [-0.4, -0.2) is 34.5 Å². The van der Waals surface area contributed by atoms with Crippen LogP contribution in [0.25, 0.3) is 16.0 Å². The van der Waals surface area contributed by atoms with Gasteiger partial charge in [-0.3, -0.25) is 14.5 Å². The Hall–Kier alpha value is -3.69. The Balaban J connectivity index is 1.50. The highest BCUT2D eigenvalue weighted by atomic mass is 79.9. The number of carbonyl (C=O) groups is 2. The molecule has 0 radical (unpaired) electrons. The molecular formula is C29H23BrN2O5S. The molecule has 3 heterocycles. The number of aliphatic hydroxyl groups excluding tert-OH is 1. The molecule has 2 aliphatic heterocycles. The van der Waals surface area contributed by atoms with Crippen molar-refractivity contribution in [2.45, 2.75) is 32.4 Å². The number of fused-ring (bicyclic) bond motifs is 2. The summed E-state index contributed by atoms with van der Waals surface area (Å²) in [6.07, 6.45) is 0.745. The van der Waals surface area contributed by atoms with Crippen molar-refractivity contribution in [1.82, 2.24) is 4.98 Å². The van der Waals surface area contributed by atoms with Gasteiger partial charge in [-0.25, -0.2) is 4.98 Å². The highest BCUT2D eigenvalue weighted by Crippen LogP contribution is 2.45. The van der Waals surface area contributed by atoms with Crippen LogP contribution in [0.5, 0.6) is 11.5 Å². The number of rotatable bonds is 5. The number of benzene rings is 3. The maximum absolute atomic E-state index is 13.5. The van der Waals surface area contributed by atoms with Gasteiger partial charge in [-0.15, -0.1) is 0 Å². The number of amides is 1. The number of thiazole rings is 1. The Morgan fingerprint density at radius 3 is 2.71 bits per heavy atom. The zero-order valence-corrected chi connectivity index (χ0v) is 23.0. The number of ether oxygens (including phenoxy) is 2. The first-order chi connectivity index (χ1) is 18.3. The Bertz CT molecular complexity index is 1630. The fourth-order valence-electron chi connectivity index (χ4n) is 4.97. The lowest BCUT2D eigenvalue weighted by molar-refractivity contribution is -0.132. The van der Waals surface area contributed by atoms with Gasteiger partial charge >= 0.3 is 5.91 Å². The second kappa shape index (κ2) is 9.56. The van der Waals surface area contributed by atoms with Crippen LogP contribution in [0.3, 0.4) is 0 Å². The van der Waals surface area contributed by atoms with E-state index in [9.17, 15) is 14.7 Å². The molecule has 1 N–H and O–H groups in total. The van der Waals surface area contributed by atoms with E-state index >= 15 is 0 Å². The molecule has 38 heavy (non-hydrogen) atoms. The lowest BCUT2D eigenvalue weighted by Crippen LogP contribution is -2.29. The number of hydrogen-bond donors (Lipinski definition) is 1. The monoisotopic (exact) mass is 590 g/mol. The van der Waals surface area contributed by atoms with Gasteiger partial charge in [0.2, 0.25) is 0 Å². The van der Waals surface area contributed by atoms with Crippen LogP contribution >= 0.6 is 27.3 Å². The second-order valence-corrected chi connectivity index (χ2v) is 11.2. The van der Waals surface area contributed by atoms with E-state index in [1.165, 1.54) is 16.2 Å². The lowest BCUT2D eigenvalue weighted by atomic mass is 9.94. The molecule has 4 aromatic rings. The molecule has 0 aliphatic carbocycles. The highest BCUT2D eigenvalue weighted by molar-refractivity contribution is 9.10. The van der Waals surface area contributed by atoms with Crippen LogP contribution in [0.2, 0.25) is 0 Å². The van der Waals surface area contributed by atoms with E-state index in [1.54, 1.807) is 12.1 Å². The number of anilines is 1. The molecule has 192 valence electrons. The van der Waals surface area contributed by atoms with E-state index in [2.05, 4.69) is 20.9 Å². The minimum absolute atomic E-state index is 0.0264. The van der Waals surface area contributed by atoms with Crippen LogP contribution in [0, 0.1) is 0 Å². The van der Waals surface area contributed by atoms with E-state index in [0.717, 1.165) is 20.5 Å². The van der Waals surface area contributed by atoms with Crippen molar-refractivity contribution < 1.29 is 24.2 Å². The van der Waals surface area contributed by atoms with E-state index in [0.29, 0.717) is 40.6 Å². The highest BCUT2D eigenvalue weighted by Gasteiger charge is 2.48. The zero-order valence-electron chi connectivity index (χ0n) is 20.6. The summed E-state index contributed by atoms with van der Waals surface area (Å²) < 4.78 is 13.1. The van der Waals surface area contributed by atoms with Crippen LogP contribution in [0.1, 0.15) is 36.6 Å². The van der Waals surface area contributed by atoms with Gasteiger partial charge in [0.1, 0.15) is 23.4 Å². The van der Waals surface area contributed by atoms with Gasteiger partial charge in [0, 0.05) is 16.5 Å². The van der Waals surface area contributed by atoms with Crippen LogP contribution in [0.15, 0.2) is 70.7 Å². The molecule has 7 nitrogen and oxygen atoms in total. The summed E-state index contributed by atoms with van der Waals surface area (Å²) in [5.74, 6) is -0.242. The van der Waals surface area contributed by atoms with E-state index in [1.807, 2.05) is 62.4 Å². The van der Waals surface area contributed by atoms with E-state index < -0.39 is 17.7 Å². The third-order valence-electron chi connectivity index (χ3n) is 6.67. The quantitative estimate of drug-likeness (QED) is 0.164. The molecule has 0 unspecified atom stereocenters. The summed E-state index contributed by atoms with van der Waals surface area (Å²) >= 11 is 4.75. The van der Waals surface area contributed by atoms with E-state index in [4.69, 9.17) is 9.47 Å². The molecule has 0 bridgehead atoms. The van der Waals surface area contributed by atoms with Crippen LogP contribution in [0.4, 0.5) is 5.13 Å². The average Bonchev–Trinajstić information content (AvgIpc) is 3.56. The molecule has 1 aromatic heterocycles. The third kappa shape index (κ3) is 4.16. The van der Waals surface area contributed by atoms with Crippen molar-refractivity contribution in [2.24, 2.45) is 0 Å². The van der Waals surface area contributed by atoms with E-state index in [-0.39, 0.29) is 17.4 Å². The molecule has 1 fully saturated rings. The average molecular weight is 591 g/mol. The third-order valence-corrected chi connectivity index (χ3v) is 8.21. The first-order valence-electron chi connectivity index (χ1n) is 12.2. The number of nitrogens with zero attached hydrogens (tertiary/aromatic N) is 2. The number of halogens is 1. The fourth-order valence-corrected chi connectivity index (χ4v) is 6.25. The Kier molecular flexibility index (Phi) is 6.20. The van der Waals surface area contributed by atoms with Crippen LogP contribution < -0.4 is 14.4 Å². The maximum Gasteiger partial charge on any atom is 0.301 e. The summed E-state index contributed by atoms with van der Waals surface area (Å²) in [4.78, 5) is 33.1. The molecule has 1 amide bonds. The molecule has 2 aliphatic rings. The number of Topliss-reactive ketones (excluding diaryl/α,β-unsaturated/α-hetero) is 1. The van der Waals surface area contributed by atoms with Gasteiger partial charge in [0.15, 0.2) is 5.13 Å². The molecule has 2 atom stereocenters. The van der Waals surface area contributed by atoms with Crippen molar-refractivity contribution in [3.05, 3.63) is 87.4 Å². The standard InChI is InChI=1S/C29H23BrN2O5S/c1-3-36-20-9-10-21-23(14-20)38-29(31-21)32-25(16-4-7-19(30)8-5-16)24(27(34)28(32)35)26(33)17-6-11-22-18(13-17)12-15(2)37-22/h4-11,13-15,25,33H,3,12H2,1-2H3/b26-24+/t15-,25+/m1/s1. The SMILES string of the molecule is CCOc1ccc2nc(N3C(=O)C(=O)/C(=C(/O)c4ccc5c(c4)C[C@@H](C)O5)[C@@H]3c3ccc(Br)cc3)sc2c1. The molecule has 1 saturated heterocycles. The number of aliphatic hydroxyl groups is 1. The molecule has 0 saturated carbocycles. The zero-order chi connectivity index (χ0) is 26.6. The largest absolute Gasteiger partial charge is 0.507 e. The second-order valence-electron chi connectivity index (χ2n) is 9.23. The van der Waals surface area contributed by atoms with Crippen molar-refractivity contribution in [1.29, 1.82) is 0 Å².